The first-order chi connectivity index (χ1) is 9.31. The first kappa shape index (κ1) is 14.7. The van der Waals surface area contributed by atoms with E-state index in [2.05, 4.69) is 5.10 Å². The van der Waals surface area contributed by atoms with E-state index in [0.717, 1.165) is 5.69 Å². The highest BCUT2D eigenvalue weighted by atomic mass is 19.3. The van der Waals surface area contributed by atoms with Crippen molar-refractivity contribution in [1.82, 2.24) is 9.78 Å². The monoisotopic (exact) mass is 280 g/mol. The number of ether oxygens (including phenoxy) is 1. The number of rotatable bonds is 4. The molecule has 108 valence electrons. The van der Waals surface area contributed by atoms with Gasteiger partial charge < -0.3 is 4.74 Å². The molecule has 0 spiro atoms. The van der Waals surface area contributed by atoms with Gasteiger partial charge in [-0.25, -0.2) is 4.68 Å². The Morgan fingerprint density at radius 1 is 1.15 bits per heavy atom. The summed E-state index contributed by atoms with van der Waals surface area (Å²) in [6.45, 7) is 4.19. The molecule has 0 fully saturated rings. The fourth-order valence-electron chi connectivity index (χ4n) is 1.65. The van der Waals surface area contributed by atoms with Crippen LogP contribution in [0.3, 0.4) is 0 Å². The van der Waals surface area contributed by atoms with Crippen LogP contribution in [0.15, 0.2) is 42.7 Å². The number of hydrogen-bond acceptors (Lipinski definition) is 2. The largest absolute Gasteiger partial charge is 0.360 e. The zero-order chi connectivity index (χ0) is 14.8. The molecule has 0 aliphatic heterocycles. The Labute approximate surface area is 117 Å². The van der Waals surface area contributed by atoms with Crippen LogP contribution in [-0.2, 0) is 11.3 Å². The third-order valence-corrected chi connectivity index (χ3v) is 3.02. The summed E-state index contributed by atoms with van der Waals surface area (Å²) in [4.78, 5) is 0. The van der Waals surface area contributed by atoms with Crippen molar-refractivity contribution in [2.45, 2.75) is 33.5 Å². The van der Waals surface area contributed by atoms with Crippen LogP contribution in [-0.4, -0.2) is 15.9 Å². The molecule has 1 aromatic heterocycles. The number of para-hydroxylation sites is 1. The van der Waals surface area contributed by atoms with Crippen molar-refractivity contribution in [2.75, 3.05) is 0 Å². The molecule has 0 N–H and O–H groups in total. The Balaban J connectivity index is 2.19. The van der Waals surface area contributed by atoms with E-state index in [1.165, 1.54) is 20.8 Å². The van der Waals surface area contributed by atoms with Crippen molar-refractivity contribution in [1.29, 1.82) is 0 Å². The highest BCUT2D eigenvalue weighted by Crippen LogP contribution is 2.37. The lowest BCUT2D eigenvalue weighted by atomic mass is 9.95. The lowest BCUT2D eigenvalue weighted by Gasteiger charge is -2.29. The number of halogens is 2. The van der Waals surface area contributed by atoms with Crippen molar-refractivity contribution in [3.05, 3.63) is 48.3 Å². The molecule has 2 rings (SSSR count). The predicted molar refractivity (Wildman–Crippen MR) is 72.8 cm³/mol. The lowest BCUT2D eigenvalue weighted by molar-refractivity contribution is -0.300. The van der Waals surface area contributed by atoms with Crippen LogP contribution < -0.4 is 0 Å². The maximum atomic E-state index is 13.8. The van der Waals surface area contributed by atoms with Crippen LogP contribution >= 0.6 is 0 Å². The molecular formula is C15H18F2N2O. The molecule has 1 aromatic carbocycles. The van der Waals surface area contributed by atoms with E-state index in [1.54, 1.807) is 35.3 Å². The molecule has 0 saturated heterocycles. The third kappa shape index (κ3) is 3.04. The Kier molecular flexibility index (Phi) is 3.90. The number of nitrogens with zero attached hydrogens (tertiary/aromatic N) is 2. The highest BCUT2D eigenvalue weighted by Gasteiger charge is 2.44. The second-order valence-electron chi connectivity index (χ2n) is 5.63. The average molecular weight is 280 g/mol. The molecule has 0 saturated carbocycles. The summed E-state index contributed by atoms with van der Waals surface area (Å²) in [5, 5.41) is 4.11. The van der Waals surface area contributed by atoms with Crippen molar-refractivity contribution >= 4 is 0 Å². The van der Waals surface area contributed by atoms with E-state index in [1.807, 2.05) is 12.1 Å². The van der Waals surface area contributed by atoms with Crippen LogP contribution in [0.1, 0.15) is 26.3 Å². The molecule has 0 aliphatic rings. The summed E-state index contributed by atoms with van der Waals surface area (Å²) in [6.07, 6.45) is 0.215. The van der Waals surface area contributed by atoms with Gasteiger partial charge in [0.05, 0.1) is 17.7 Å². The van der Waals surface area contributed by atoms with E-state index >= 15 is 0 Å². The van der Waals surface area contributed by atoms with Gasteiger partial charge in [-0.2, -0.15) is 13.9 Å². The fraction of sp³-hybridized carbons (Fsp3) is 0.400. The second kappa shape index (κ2) is 5.32. The van der Waals surface area contributed by atoms with Crippen molar-refractivity contribution in [2.24, 2.45) is 5.41 Å². The molecule has 1 heterocycles. The summed E-state index contributed by atoms with van der Waals surface area (Å²) in [6, 6.07) is 8.99. The minimum absolute atomic E-state index is 0.166. The maximum absolute atomic E-state index is 13.8. The second-order valence-corrected chi connectivity index (χ2v) is 5.63. The quantitative estimate of drug-likeness (QED) is 0.845. The van der Waals surface area contributed by atoms with Crippen LogP contribution in [0, 0.1) is 5.41 Å². The van der Waals surface area contributed by atoms with Crippen LogP contribution in [0.2, 0.25) is 0 Å². The van der Waals surface area contributed by atoms with Gasteiger partial charge in [0.25, 0.3) is 0 Å². The number of alkyl halides is 2. The SMILES string of the molecule is CC(C)(C)C(F)(F)OCc1ccccc1-n1cccn1. The van der Waals surface area contributed by atoms with E-state index in [4.69, 9.17) is 4.74 Å². The maximum Gasteiger partial charge on any atom is 0.360 e. The summed E-state index contributed by atoms with van der Waals surface area (Å²) >= 11 is 0. The normalized spacial score (nSPS) is 12.7. The minimum Gasteiger partial charge on any atom is -0.315 e. The molecule has 20 heavy (non-hydrogen) atoms. The fourth-order valence-corrected chi connectivity index (χ4v) is 1.65. The smallest absolute Gasteiger partial charge is 0.315 e. The molecule has 0 unspecified atom stereocenters. The molecular weight excluding hydrogens is 262 g/mol. The minimum atomic E-state index is -3.19. The Bertz CT molecular complexity index is 560. The zero-order valence-electron chi connectivity index (χ0n) is 11.8. The summed E-state index contributed by atoms with van der Waals surface area (Å²) in [5.74, 6) is 0. The topological polar surface area (TPSA) is 27.1 Å². The van der Waals surface area contributed by atoms with Gasteiger partial charge in [-0.15, -0.1) is 0 Å². The number of benzene rings is 1. The van der Waals surface area contributed by atoms with Crippen LogP contribution in [0.5, 0.6) is 0 Å². The number of aromatic nitrogens is 2. The predicted octanol–water partition coefficient (Wildman–Crippen LogP) is 4.03. The summed E-state index contributed by atoms with van der Waals surface area (Å²) in [7, 11) is 0. The number of hydrogen-bond donors (Lipinski definition) is 0. The van der Waals surface area contributed by atoms with Crippen LogP contribution in [0.25, 0.3) is 5.69 Å². The molecule has 0 bridgehead atoms. The first-order valence-electron chi connectivity index (χ1n) is 6.41. The zero-order valence-corrected chi connectivity index (χ0v) is 11.8. The van der Waals surface area contributed by atoms with Crippen LogP contribution in [0.4, 0.5) is 8.78 Å². The molecule has 0 aliphatic carbocycles. The first-order valence-corrected chi connectivity index (χ1v) is 6.41. The van der Waals surface area contributed by atoms with Gasteiger partial charge in [-0.1, -0.05) is 39.0 Å². The van der Waals surface area contributed by atoms with Gasteiger partial charge in [0.1, 0.15) is 0 Å². The van der Waals surface area contributed by atoms with Gasteiger partial charge in [0, 0.05) is 18.0 Å². The lowest BCUT2D eigenvalue weighted by Crippen LogP contribution is -2.36. The molecule has 0 atom stereocenters. The average Bonchev–Trinajstić information content (AvgIpc) is 2.89. The molecule has 2 aromatic rings. The van der Waals surface area contributed by atoms with Gasteiger partial charge >= 0.3 is 6.11 Å². The Morgan fingerprint density at radius 3 is 2.45 bits per heavy atom. The molecule has 3 nitrogen and oxygen atoms in total. The van der Waals surface area contributed by atoms with Crippen molar-refractivity contribution in [3.63, 3.8) is 0 Å². The van der Waals surface area contributed by atoms with E-state index in [0.29, 0.717) is 5.56 Å². The van der Waals surface area contributed by atoms with Gasteiger partial charge in [0.2, 0.25) is 0 Å². The van der Waals surface area contributed by atoms with Gasteiger partial charge in [-0.3, -0.25) is 0 Å². The van der Waals surface area contributed by atoms with E-state index in [9.17, 15) is 8.78 Å². The molecule has 0 amide bonds. The highest BCUT2D eigenvalue weighted by molar-refractivity contribution is 5.39. The van der Waals surface area contributed by atoms with Gasteiger partial charge in [0.15, 0.2) is 0 Å². The molecule has 5 heteroatoms. The third-order valence-electron chi connectivity index (χ3n) is 3.02. The van der Waals surface area contributed by atoms with Gasteiger partial charge in [-0.05, 0) is 12.1 Å². The van der Waals surface area contributed by atoms with Crippen molar-refractivity contribution in [3.8, 4) is 5.69 Å². The summed E-state index contributed by atoms with van der Waals surface area (Å²) in [5.41, 5.74) is 0.163. The van der Waals surface area contributed by atoms with Crippen molar-refractivity contribution < 1.29 is 13.5 Å². The summed E-state index contributed by atoms with van der Waals surface area (Å²) < 4.78 is 34.2. The Hall–Kier alpha value is -1.75. The molecule has 0 radical (unpaired) electrons. The van der Waals surface area contributed by atoms with E-state index in [-0.39, 0.29) is 6.61 Å². The standard InChI is InChI=1S/C15H18F2N2O/c1-14(2,3)15(16,17)20-11-12-7-4-5-8-13(12)19-10-6-9-18-19/h4-10H,11H2,1-3H3. The Morgan fingerprint density at radius 2 is 1.85 bits per heavy atom. The van der Waals surface area contributed by atoms with E-state index < -0.39 is 11.5 Å².